The van der Waals surface area contributed by atoms with E-state index in [-0.39, 0.29) is 17.9 Å². The Kier molecular flexibility index (Phi) is 7.28. The maximum atomic E-state index is 13.0. The molecule has 0 unspecified atom stereocenters. The minimum absolute atomic E-state index is 0.102. The molecule has 0 bridgehead atoms. The van der Waals surface area contributed by atoms with E-state index in [4.69, 9.17) is 9.47 Å². The number of hydrogen-bond acceptors (Lipinski definition) is 4. The molecule has 3 aromatic rings. The van der Waals surface area contributed by atoms with E-state index in [0.717, 1.165) is 17.5 Å². The minimum Gasteiger partial charge on any atom is -0.507 e. The van der Waals surface area contributed by atoms with Gasteiger partial charge in [-0.1, -0.05) is 66.7 Å². The Labute approximate surface area is 177 Å². The Bertz CT molecular complexity index is 995. The lowest BCUT2D eigenvalue weighted by Gasteiger charge is -2.17. The van der Waals surface area contributed by atoms with Gasteiger partial charge >= 0.3 is 5.97 Å². The highest BCUT2D eigenvalue weighted by Gasteiger charge is 2.24. The van der Waals surface area contributed by atoms with E-state index in [2.05, 4.69) is 6.58 Å². The molecule has 0 spiro atoms. The highest BCUT2D eigenvalue weighted by molar-refractivity contribution is 5.95. The number of ether oxygens (including phenoxy) is 2. The highest BCUT2D eigenvalue weighted by atomic mass is 16.5. The van der Waals surface area contributed by atoms with Crippen LogP contribution in [0.1, 0.15) is 32.6 Å². The molecule has 4 heteroatoms. The van der Waals surface area contributed by atoms with Crippen molar-refractivity contribution in [1.29, 1.82) is 0 Å². The number of benzene rings is 3. The van der Waals surface area contributed by atoms with E-state index in [1.54, 1.807) is 13.2 Å². The molecule has 0 atom stereocenters. The van der Waals surface area contributed by atoms with E-state index in [0.29, 0.717) is 29.7 Å². The zero-order chi connectivity index (χ0) is 21.3. The van der Waals surface area contributed by atoms with Crippen molar-refractivity contribution in [2.75, 3.05) is 7.11 Å². The fraction of sp³-hybridized carbons (Fsp3) is 0.192. The van der Waals surface area contributed by atoms with Crippen LogP contribution < -0.4 is 4.74 Å². The van der Waals surface area contributed by atoms with Crippen LogP contribution in [0.5, 0.6) is 11.5 Å². The standard InChI is InChI=1S/C26H26O4/c1-3-10-22-23(29-2)17-21(16-15-19-11-6-4-7-12-19)24(25(22)27)26(28)30-18-20-13-8-5-9-14-20/h3-9,11-14,17,27H,1,10,15-16,18H2,2H3. The number of aryl methyl sites for hydroxylation is 2. The molecular formula is C26H26O4. The lowest BCUT2D eigenvalue weighted by atomic mass is 9.94. The molecule has 3 rings (SSSR count). The third-order valence-corrected chi connectivity index (χ3v) is 4.96. The van der Waals surface area contributed by atoms with Gasteiger partial charge in [-0.15, -0.1) is 6.58 Å². The average Bonchev–Trinajstić information content (AvgIpc) is 2.79. The van der Waals surface area contributed by atoms with Gasteiger partial charge in [0.05, 0.1) is 7.11 Å². The summed E-state index contributed by atoms with van der Waals surface area (Å²) in [5.41, 5.74) is 3.45. The molecule has 0 aliphatic carbocycles. The van der Waals surface area contributed by atoms with Crippen LogP contribution in [-0.2, 0) is 30.6 Å². The van der Waals surface area contributed by atoms with Gasteiger partial charge in [-0.25, -0.2) is 4.79 Å². The van der Waals surface area contributed by atoms with Gasteiger partial charge < -0.3 is 14.6 Å². The first-order valence-corrected chi connectivity index (χ1v) is 9.91. The number of aromatic hydroxyl groups is 1. The number of hydrogen-bond donors (Lipinski definition) is 1. The van der Waals surface area contributed by atoms with Crippen LogP contribution in [0.25, 0.3) is 0 Å². The Morgan fingerprint density at radius 2 is 1.63 bits per heavy atom. The summed E-state index contributed by atoms with van der Waals surface area (Å²) in [5, 5.41) is 10.9. The summed E-state index contributed by atoms with van der Waals surface area (Å²) in [7, 11) is 1.55. The first kappa shape index (κ1) is 21.2. The summed E-state index contributed by atoms with van der Waals surface area (Å²) < 4.78 is 11.0. The van der Waals surface area contributed by atoms with Crippen molar-refractivity contribution < 1.29 is 19.4 Å². The van der Waals surface area contributed by atoms with Crippen LogP contribution in [-0.4, -0.2) is 18.2 Å². The smallest absolute Gasteiger partial charge is 0.342 e. The van der Waals surface area contributed by atoms with Crippen LogP contribution >= 0.6 is 0 Å². The molecule has 0 amide bonds. The van der Waals surface area contributed by atoms with Crippen LogP contribution in [0.4, 0.5) is 0 Å². The molecular weight excluding hydrogens is 376 g/mol. The monoisotopic (exact) mass is 402 g/mol. The molecule has 0 saturated heterocycles. The molecule has 0 aliphatic heterocycles. The molecule has 1 N–H and O–H groups in total. The molecule has 0 saturated carbocycles. The summed E-state index contributed by atoms with van der Waals surface area (Å²) in [6.07, 6.45) is 3.34. The molecule has 0 fully saturated rings. The Morgan fingerprint density at radius 3 is 2.23 bits per heavy atom. The summed E-state index contributed by atoms with van der Waals surface area (Å²) in [4.78, 5) is 13.0. The topological polar surface area (TPSA) is 55.8 Å². The SMILES string of the molecule is C=CCc1c(OC)cc(CCc2ccccc2)c(C(=O)OCc2ccccc2)c1O. The highest BCUT2D eigenvalue weighted by Crippen LogP contribution is 2.36. The van der Waals surface area contributed by atoms with Crippen molar-refractivity contribution in [3.63, 3.8) is 0 Å². The fourth-order valence-corrected chi connectivity index (χ4v) is 3.40. The normalized spacial score (nSPS) is 10.4. The number of phenolic OH excluding ortho intramolecular Hbond substituents is 1. The van der Waals surface area contributed by atoms with E-state index in [9.17, 15) is 9.90 Å². The predicted molar refractivity (Wildman–Crippen MR) is 118 cm³/mol. The second kappa shape index (κ2) is 10.3. The number of rotatable bonds is 9. The molecule has 0 radical (unpaired) electrons. The number of methoxy groups -OCH3 is 1. The first-order valence-electron chi connectivity index (χ1n) is 9.91. The van der Waals surface area contributed by atoms with Crippen molar-refractivity contribution in [3.8, 4) is 11.5 Å². The summed E-state index contributed by atoms with van der Waals surface area (Å²) in [6, 6.07) is 21.3. The third kappa shape index (κ3) is 5.09. The Hall–Kier alpha value is -3.53. The van der Waals surface area contributed by atoms with Gasteiger partial charge in [0.2, 0.25) is 0 Å². The molecule has 154 valence electrons. The van der Waals surface area contributed by atoms with Crippen LogP contribution in [0.3, 0.4) is 0 Å². The van der Waals surface area contributed by atoms with Gasteiger partial charge in [0.1, 0.15) is 23.7 Å². The van der Waals surface area contributed by atoms with Crippen LogP contribution in [0.15, 0.2) is 79.4 Å². The number of esters is 1. The Balaban J connectivity index is 1.93. The zero-order valence-corrected chi connectivity index (χ0v) is 17.1. The summed E-state index contributed by atoms with van der Waals surface area (Å²) in [6.45, 7) is 3.88. The lowest BCUT2D eigenvalue weighted by Crippen LogP contribution is -2.12. The summed E-state index contributed by atoms with van der Waals surface area (Å²) in [5.74, 6) is -0.113. The second-order valence-corrected chi connectivity index (χ2v) is 6.98. The number of allylic oxidation sites excluding steroid dienone is 1. The number of carbonyl (C=O) groups is 1. The van der Waals surface area contributed by atoms with Crippen molar-refractivity contribution in [1.82, 2.24) is 0 Å². The molecule has 3 aromatic carbocycles. The van der Waals surface area contributed by atoms with Gasteiger partial charge in [-0.05, 0) is 42.0 Å². The molecule has 0 heterocycles. The number of phenols is 1. The summed E-state index contributed by atoms with van der Waals surface area (Å²) >= 11 is 0. The zero-order valence-electron chi connectivity index (χ0n) is 17.1. The largest absolute Gasteiger partial charge is 0.507 e. The van der Waals surface area contributed by atoms with Crippen LogP contribution in [0.2, 0.25) is 0 Å². The third-order valence-electron chi connectivity index (χ3n) is 4.96. The maximum absolute atomic E-state index is 13.0. The molecule has 4 nitrogen and oxygen atoms in total. The molecule has 0 aliphatic rings. The molecule has 30 heavy (non-hydrogen) atoms. The quantitative estimate of drug-likeness (QED) is 0.391. The second-order valence-electron chi connectivity index (χ2n) is 6.98. The lowest BCUT2D eigenvalue weighted by molar-refractivity contribution is 0.0467. The van der Waals surface area contributed by atoms with Gasteiger partial charge in [0.25, 0.3) is 0 Å². The van der Waals surface area contributed by atoms with Crippen LogP contribution in [0, 0.1) is 0 Å². The first-order chi connectivity index (χ1) is 14.6. The fourth-order valence-electron chi connectivity index (χ4n) is 3.40. The van der Waals surface area contributed by atoms with Gasteiger partial charge in [0.15, 0.2) is 0 Å². The van der Waals surface area contributed by atoms with Gasteiger partial charge in [0, 0.05) is 5.56 Å². The van der Waals surface area contributed by atoms with Crippen molar-refractivity contribution >= 4 is 5.97 Å². The van der Waals surface area contributed by atoms with Crippen molar-refractivity contribution in [2.24, 2.45) is 0 Å². The molecule has 0 aromatic heterocycles. The number of carbonyl (C=O) groups excluding carboxylic acids is 1. The predicted octanol–water partition coefficient (Wildman–Crippen LogP) is 5.27. The van der Waals surface area contributed by atoms with Gasteiger partial charge in [-0.2, -0.15) is 0 Å². The van der Waals surface area contributed by atoms with Crippen molar-refractivity contribution in [2.45, 2.75) is 25.9 Å². The van der Waals surface area contributed by atoms with E-state index in [1.807, 2.05) is 66.7 Å². The van der Waals surface area contributed by atoms with E-state index in [1.165, 1.54) is 0 Å². The average molecular weight is 402 g/mol. The minimum atomic E-state index is -0.549. The van der Waals surface area contributed by atoms with E-state index < -0.39 is 5.97 Å². The van der Waals surface area contributed by atoms with Gasteiger partial charge in [-0.3, -0.25) is 0 Å². The van der Waals surface area contributed by atoms with E-state index >= 15 is 0 Å². The van der Waals surface area contributed by atoms with Crippen molar-refractivity contribution in [3.05, 3.63) is 107 Å². The Morgan fingerprint density at radius 1 is 1.00 bits per heavy atom. The maximum Gasteiger partial charge on any atom is 0.342 e.